The Morgan fingerprint density at radius 2 is 1.97 bits per heavy atom. The first kappa shape index (κ1) is 20.3. The van der Waals surface area contributed by atoms with Gasteiger partial charge in [0.1, 0.15) is 6.10 Å². The maximum Gasteiger partial charge on any atom is 0.414 e. The monoisotopic (exact) mass is 430 g/mol. The summed E-state index contributed by atoms with van der Waals surface area (Å²) in [6, 6.07) is 16.5. The van der Waals surface area contributed by atoms with Gasteiger partial charge in [-0.25, -0.2) is 4.79 Å². The van der Waals surface area contributed by atoms with E-state index in [-0.39, 0.29) is 18.1 Å². The van der Waals surface area contributed by atoms with E-state index < -0.39 is 0 Å². The molecular formula is C25H26N4O3. The lowest BCUT2D eigenvalue weighted by molar-refractivity contribution is -0.119. The zero-order chi connectivity index (χ0) is 22.1. The summed E-state index contributed by atoms with van der Waals surface area (Å²) in [5.74, 6) is -0.132. The summed E-state index contributed by atoms with van der Waals surface area (Å²) in [5, 5.41) is 7.63. The molecule has 1 fully saturated rings. The number of fused-ring (bicyclic) bond motifs is 3. The summed E-state index contributed by atoms with van der Waals surface area (Å²) >= 11 is 0. The minimum absolute atomic E-state index is 0.132. The smallest absolute Gasteiger partial charge is 0.414 e. The lowest BCUT2D eigenvalue weighted by Gasteiger charge is -2.16. The second-order valence-corrected chi connectivity index (χ2v) is 8.43. The summed E-state index contributed by atoms with van der Waals surface area (Å²) in [6.07, 6.45) is 4.41. The van der Waals surface area contributed by atoms with Crippen LogP contribution in [0.2, 0.25) is 0 Å². The summed E-state index contributed by atoms with van der Waals surface area (Å²) in [4.78, 5) is 25.2. The quantitative estimate of drug-likeness (QED) is 0.672. The van der Waals surface area contributed by atoms with E-state index in [1.807, 2.05) is 28.9 Å². The van der Waals surface area contributed by atoms with Gasteiger partial charge < -0.3 is 10.1 Å². The number of carbonyl (C=O) groups excluding carboxylic acids is 2. The first-order valence-corrected chi connectivity index (χ1v) is 11.0. The van der Waals surface area contributed by atoms with Crippen LogP contribution in [0.15, 0.2) is 54.7 Å². The zero-order valence-corrected chi connectivity index (χ0v) is 18.1. The van der Waals surface area contributed by atoms with E-state index in [0.29, 0.717) is 13.1 Å². The minimum Gasteiger partial charge on any atom is -0.442 e. The molecule has 2 heterocycles. The molecule has 1 aliphatic heterocycles. The summed E-state index contributed by atoms with van der Waals surface area (Å²) in [6.45, 7) is 2.95. The van der Waals surface area contributed by atoms with Gasteiger partial charge in [-0.3, -0.25) is 14.4 Å². The van der Waals surface area contributed by atoms with E-state index in [1.165, 1.54) is 23.6 Å². The zero-order valence-electron chi connectivity index (χ0n) is 18.1. The number of carbonyl (C=O) groups is 2. The molecule has 0 radical (unpaired) electrons. The fourth-order valence-corrected chi connectivity index (χ4v) is 4.48. The first-order chi connectivity index (χ1) is 15.6. The van der Waals surface area contributed by atoms with E-state index >= 15 is 0 Å². The molecule has 0 saturated carbocycles. The maximum absolute atomic E-state index is 12.4. The van der Waals surface area contributed by atoms with Gasteiger partial charge in [0.2, 0.25) is 5.91 Å². The highest BCUT2D eigenvalue weighted by molar-refractivity contribution is 5.90. The molecule has 7 heteroatoms. The third kappa shape index (κ3) is 4.10. The number of nitrogens with one attached hydrogen (secondary N) is 1. The Balaban J connectivity index is 1.38. The predicted molar refractivity (Wildman–Crippen MR) is 122 cm³/mol. The number of aryl methyl sites for hydroxylation is 2. The predicted octanol–water partition coefficient (Wildman–Crippen LogP) is 3.55. The first-order valence-electron chi connectivity index (χ1n) is 11.0. The Kier molecular flexibility index (Phi) is 5.39. The molecule has 1 unspecified atom stereocenters. The number of aromatic nitrogens is 2. The molecule has 0 bridgehead atoms. The van der Waals surface area contributed by atoms with Crippen molar-refractivity contribution in [2.24, 2.45) is 0 Å². The molecule has 2 amide bonds. The van der Waals surface area contributed by atoms with Crippen molar-refractivity contribution < 1.29 is 14.3 Å². The van der Waals surface area contributed by atoms with Crippen molar-refractivity contribution in [2.75, 3.05) is 18.0 Å². The fraction of sp³-hybridized carbons (Fsp3) is 0.320. The highest BCUT2D eigenvalue weighted by atomic mass is 16.6. The Morgan fingerprint density at radius 3 is 2.78 bits per heavy atom. The number of cyclic esters (lactones) is 1. The van der Waals surface area contributed by atoms with Gasteiger partial charge in [-0.05, 0) is 48.1 Å². The van der Waals surface area contributed by atoms with Crippen LogP contribution >= 0.6 is 0 Å². The molecule has 1 aliphatic carbocycles. The molecular weight excluding hydrogens is 404 g/mol. The van der Waals surface area contributed by atoms with Gasteiger partial charge in [0.15, 0.2) is 0 Å². The Morgan fingerprint density at radius 1 is 1.16 bits per heavy atom. The highest BCUT2D eigenvalue weighted by Crippen LogP contribution is 2.35. The van der Waals surface area contributed by atoms with Crippen LogP contribution in [-0.2, 0) is 28.9 Å². The lowest BCUT2D eigenvalue weighted by atomic mass is 10.0. The third-order valence-corrected chi connectivity index (χ3v) is 6.03. The van der Waals surface area contributed by atoms with Crippen LogP contribution in [0.1, 0.15) is 30.0 Å². The van der Waals surface area contributed by atoms with Crippen molar-refractivity contribution in [2.45, 2.75) is 38.8 Å². The standard InChI is InChI=1S/C25H26N4O3/c1-17(30)26-13-22-16-29(25(31)32-22)21-10-11-23-19(12-21)8-5-9-20-15-28(27-24(20)23)14-18-6-3-2-4-7-18/h2-4,6-7,10-12,15,22H,5,8-9,13-14,16H2,1H3,(H,26,30). The normalized spacial score (nSPS) is 17.3. The summed E-state index contributed by atoms with van der Waals surface area (Å²) in [5.41, 5.74) is 6.68. The Bertz CT molecular complexity index is 1160. The molecule has 2 aliphatic rings. The topological polar surface area (TPSA) is 76.5 Å². The molecule has 32 heavy (non-hydrogen) atoms. The second kappa shape index (κ2) is 8.49. The number of benzene rings is 2. The molecule has 1 saturated heterocycles. The molecule has 164 valence electrons. The number of ether oxygens (including phenoxy) is 1. The number of nitrogens with zero attached hydrogens (tertiary/aromatic N) is 3. The highest BCUT2D eigenvalue weighted by Gasteiger charge is 2.33. The minimum atomic E-state index is -0.373. The average Bonchev–Trinajstić information content (AvgIpc) is 3.31. The van der Waals surface area contributed by atoms with Gasteiger partial charge in [-0.15, -0.1) is 0 Å². The SMILES string of the molecule is CC(=O)NCC1CN(c2ccc3c(c2)CCCc2cn(Cc4ccccc4)nc2-3)C(=O)O1. The fourth-order valence-electron chi connectivity index (χ4n) is 4.48. The van der Waals surface area contributed by atoms with Crippen LogP contribution in [0.3, 0.4) is 0 Å². The molecule has 1 aromatic heterocycles. The van der Waals surface area contributed by atoms with Crippen molar-refractivity contribution in [1.29, 1.82) is 0 Å². The maximum atomic E-state index is 12.4. The van der Waals surface area contributed by atoms with E-state index in [0.717, 1.165) is 42.8 Å². The molecule has 2 aromatic carbocycles. The number of rotatable bonds is 5. The van der Waals surface area contributed by atoms with Gasteiger partial charge in [-0.1, -0.05) is 36.4 Å². The van der Waals surface area contributed by atoms with Crippen molar-refractivity contribution in [1.82, 2.24) is 15.1 Å². The number of amides is 2. The Hall–Kier alpha value is -3.61. The number of hydrogen-bond acceptors (Lipinski definition) is 4. The lowest BCUT2D eigenvalue weighted by Crippen LogP contribution is -2.33. The van der Waals surface area contributed by atoms with E-state index in [1.54, 1.807) is 4.90 Å². The molecule has 1 N–H and O–H groups in total. The van der Waals surface area contributed by atoms with Crippen molar-refractivity contribution in [3.63, 3.8) is 0 Å². The average molecular weight is 431 g/mol. The molecule has 7 nitrogen and oxygen atoms in total. The second-order valence-electron chi connectivity index (χ2n) is 8.43. The van der Waals surface area contributed by atoms with Crippen molar-refractivity contribution in [3.8, 4) is 11.3 Å². The van der Waals surface area contributed by atoms with Gasteiger partial charge in [0.25, 0.3) is 0 Å². The Labute approximate surface area is 187 Å². The number of anilines is 1. The molecule has 5 rings (SSSR count). The van der Waals surface area contributed by atoms with Gasteiger partial charge in [-0.2, -0.15) is 5.10 Å². The molecule has 0 spiro atoms. The van der Waals surface area contributed by atoms with Crippen LogP contribution < -0.4 is 10.2 Å². The van der Waals surface area contributed by atoms with Gasteiger partial charge in [0.05, 0.1) is 25.3 Å². The summed E-state index contributed by atoms with van der Waals surface area (Å²) < 4.78 is 7.44. The van der Waals surface area contributed by atoms with Crippen LogP contribution in [0.5, 0.6) is 0 Å². The van der Waals surface area contributed by atoms with Crippen LogP contribution in [0, 0.1) is 0 Å². The summed E-state index contributed by atoms with van der Waals surface area (Å²) in [7, 11) is 0. The third-order valence-electron chi connectivity index (χ3n) is 6.03. The van der Waals surface area contributed by atoms with Crippen LogP contribution in [0.25, 0.3) is 11.3 Å². The number of hydrogen-bond donors (Lipinski definition) is 1. The van der Waals surface area contributed by atoms with Crippen LogP contribution in [0.4, 0.5) is 10.5 Å². The van der Waals surface area contributed by atoms with Crippen molar-refractivity contribution in [3.05, 3.63) is 71.4 Å². The molecule has 3 aromatic rings. The van der Waals surface area contributed by atoms with E-state index in [2.05, 4.69) is 35.8 Å². The van der Waals surface area contributed by atoms with Crippen LogP contribution in [-0.4, -0.2) is 41.0 Å². The van der Waals surface area contributed by atoms with E-state index in [9.17, 15) is 9.59 Å². The van der Waals surface area contributed by atoms with E-state index in [4.69, 9.17) is 9.84 Å². The van der Waals surface area contributed by atoms with Gasteiger partial charge >= 0.3 is 6.09 Å². The van der Waals surface area contributed by atoms with Gasteiger partial charge in [0, 0.05) is 24.4 Å². The largest absolute Gasteiger partial charge is 0.442 e. The molecule has 1 atom stereocenters. The van der Waals surface area contributed by atoms with Crippen molar-refractivity contribution >= 4 is 17.7 Å².